The summed E-state index contributed by atoms with van der Waals surface area (Å²) in [4.78, 5) is 14.1. The van der Waals surface area contributed by atoms with Crippen LogP contribution >= 0.6 is 0 Å². The fourth-order valence-corrected chi connectivity index (χ4v) is 5.14. The van der Waals surface area contributed by atoms with Crippen LogP contribution in [0.25, 0.3) is 0 Å². The Bertz CT molecular complexity index is 849. The molecular weight excluding hydrogens is 393 g/mol. The summed E-state index contributed by atoms with van der Waals surface area (Å²) in [5, 5.41) is 0. The first-order valence-corrected chi connectivity index (χ1v) is 10.7. The number of halogens is 3. The number of sulfonamides is 1. The molecule has 0 N–H and O–H groups in total. The van der Waals surface area contributed by atoms with E-state index < -0.39 is 21.8 Å². The Morgan fingerprint density at radius 1 is 1.07 bits per heavy atom. The molecule has 0 atom stereocenters. The van der Waals surface area contributed by atoms with Gasteiger partial charge in [-0.15, -0.1) is 0 Å². The molecule has 0 aromatic heterocycles. The Labute approximate surface area is 162 Å². The lowest BCUT2D eigenvalue weighted by Crippen LogP contribution is -2.45. The largest absolute Gasteiger partial charge is 0.416 e. The van der Waals surface area contributed by atoms with Crippen LogP contribution in [-0.4, -0.2) is 49.7 Å². The fourth-order valence-electron chi connectivity index (χ4n) is 3.63. The Hall–Kier alpha value is -1.87. The predicted octanol–water partition coefficient (Wildman–Crippen LogP) is 3.28. The van der Waals surface area contributed by atoms with Gasteiger partial charge in [0.25, 0.3) is 0 Å². The van der Waals surface area contributed by atoms with E-state index in [4.69, 9.17) is 0 Å². The van der Waals surface area contributed by atoms with Gasteiger partial charge in [-0.2, -0.15) is 17.5 Å². The zero-order chi connectivity index (χ0) is 20.5. The van der Waals surface area contributed by atoms with Crippen molar-refractivity contribution in [2.75, 3.05) is 26.2 Å². The van der Waals surface area contributed by atoms with Crippen LogP contribution in [-0.2, 0) is 21.0 Å². The second kappa shape index (κ2) is 7.87. The van der Waals surface area contributed by atoms with Crippen LogP contribution in [0.15, 0.2) is 41.3 Å². The van der Waals surface area contributed by atoms with Gasteiger partial charge in [0.2, 0.25) is 15.9 Å². The third kappa shape index (κ3) is 4.41. The first-order chi connectivity index (χ1) is 13.1. The number of hydrogen-bond acceptors (Lipinski definition) is 3. The van der Waals surface area contributed by atoms with E-state index in [1.165, 1.54) is 10.4 Å². The first kappa shape index (κ1) is 20.9. The molecule has 3 rings (SSSR count). The van der Waals surface area contributed by atoms with Crippen molar-refractivity contribution in [3.05, 3.63) is 42.0 Å². The molecule has 2 aliphatic rings. The Morgan fingerprint density at radius 3 is 2.25 bits per heavy atom. The van der Waals surface area contributed by atoms with Gasteiger partial charge in [0.15, 0.2) is 0 Å². The Kier molecular flexibility index (Phi) is 5.86. The molecule has 1 aromatic rings. The number of carbonyl (C=O) groups is 1. The highest BCUT2D eigenvalue weighted by molar-refractivity contribution is 7.89. The van der Waals surface area contributed by atoms with Crippen LogP contribution in [0.3, 0.4) is 0 Å². The van der Waals surface area contributed by atoms with Gasteiger partial charge in [0.05, 0.1) is 10.5 Å². The molecule has 28 heavy (non-hydrogen) atoms. The van der Waals surface area contributed by atoms with E-state index in [1.54, 1.807) is 4.90 Å². The summed E-state index contributed by atoms with van der Waals surface area (Å²) in [6.45, 7) is 5.45. The van der Waals surface area contributed by atoms with Crippen molar-refractivity contribution in [3.63, 3.8) is 0 Å². The summed E-state index contributed by atoms with van der Waals surface area (Å²) in [5.74, 6) is -0.219. The van der Waals surface area contributed by atoms with Gasteiger partial charge < -0.3 is 4.90 Å². The summed E-state index contributed by atoms with van der Waals surface area (Å²) >= 11 is 0. The van der Waals surface area contributed by atoms with Crippen LogP contribution in [0.2, 0.25) is 0 Å². The van der Waals surface area contributed by atoms with Crippen LogP contribution < -0.4 is 0 Å². The summed E-state index contributed by atoms with van der Waals surface area (Å²) in [6, 6.07) is 3.77. The molecule has 0 aliphatic carbocycles. The number of nitrogens with zero attached hydrogens (tertiary/aromatic N) is 2. The number of amides is 1. The maximum Gasteiger partial charge on any atom is 0.416 e. The van der Waals surface area contributed by atoms with Gasteiger partial charge in [-0.1, -0.05) is 18.2 Å². The van der Waals surface area contributed by atoms with E-state index in [2.05, 4.69) is 6.58 Å². The van der Waals surface area contributed by atoms with Crippen molar-refractivity contribution in [1.82, 2.24) is 9.21 Å². The third-order valence-corrected chi connectivity index (χ3v) is 7.28. The second-order valence-electron chi connectivity index (χ2n) is 7.28. The van der Waals surface area contributed by atoms with Crippen molar-refractivity contribution >= 4 is 15.9 Å². The fraction of sp³-hybridized carbons (Fsp3) is 0.526. The topological polar surface area (TPSA) is 57.7 Å². The SMILES string of the molecule is C=C1CCN(C(=O)C2CCN(S(=O)(=O)c3cccc(C(F)(F)F)c3)CC2)CC1. The van der Waals surface area contributed by atoms with Gasteiger partial charge in [-0.05, 0) is 43.9 Å². The van der Waals surface area contributed by atoms with E-state index in [-0.39, 0.29) is 29.8 Å². The molecule has 0 spiro atoms. The number of piperidine rings is 2. The Balaban J connectivity index is 1.65. The molecule has 2 saturated heterocycles. The highest BCUT2D eigenvalue weighted by atomic mass is 32.2. The molecule has 1 aromatic carbocycles. The average molecular weight is 416 g/mol. The zero-order valence-corrected chi connectivity index (χ0v) is 16.2. The minimum atomic E-state index is -4.61. The number of carbonyl (C=O) groups excluding carboxylic acids is 1. The smallest absolute Gasteiger partial charge is 0.342 e. The third-order valence-electron chi connectivity index (χ3n) is 5.38. The number of rotatable bonds is 3. The van der Waals surface area contributed by atoms with Crippen LogP contribution in [0.4, 0.5) is 13.2 Å². The van der Waals surface area contributed by atoms with Gasteiger partial charge >= 0.3 is 6.18 Å². The second-order valence-corrected chi connectivity index (χ2v) is 9.22. The minimum absolute atomic E-state index is 0.0311. The molecule has 5 nitrogen and oxygen atoms in total. The summed E-state index contributed by atoms with van der Waals surface area (Å²) in [5.41, 5.74) is 0.136. The van der Waals surface area contributed by atoms with Crippen LogP contribution in [0, 0.1) is 5.92 Å². The molecule has 0 saturated carbocycles. The van der Waals surface area contributed by atoms with E-state index in [0.29, 0.717) is 32.0 Å². The molecule has 2 aliphatic heterocycles. The molecule has 9 heteroatoms. The van der Waals surface area contributed by atoms with Crippen molar-refractivity contribution in [2.45, 2.75) is 36.8 Å². The summed E-state index contributed by atoms with van der Waals surface area (Å²) < 4.78 is 65.3. The predicted molar refractivity (Wildman–Crippen MR) is 97.9 cm³/mol. The standard InChI is InChI=1S/C19H23F3N2O3S/c1-14-5-9-23(10-6-14)18(25)15-7-11-24(12-8-15)28(26,27)17-4-2-3-16(13-17)19(20,21)22/h2-4,13,15H,1,5-12H2. The Morgan fingerprint density at radius 2 is 1.68 bits per heavy atom. The maximum absolute atomic E-state index is 12.9. The average Bonchev–Trinajstić information content (AvgIpc) is 2.67. The normalized spacial score (nSPS) is 20.4. The lowest BCUT2D eigenvalue weighted by atomic mass is 9.95. The van der Waals surface area contributed by atoms with E-state index in [1.807, 2.05) is 0 Å². The van der Waals surface area contributed by atoms with Gasteiger partial charge in [-0.3, -0.25) is 4.79 Å². The molecule has 154 valence electrons. The molecule has 0 unspecified atom stereocenters. The van der Waals surface area contributed by atoms with Crippen molar-refractivity contribution < 1.29 is 26.4 Å². The van der Waals surface area contributed by atoms with Gasteiger partial charge in [-0.25, -0.2) is 8.42 Å². The zero-order valence-electron chi connectivity index (χ0n) is 15.4. The first-order valence-electron chi connectivity index (χ1n) is 9.22. The number of hydrogen-bond donors (Lipinski definition) is 0. The van der Waals surface area contributed by atoms with E-state index in [0.717, 1.165) is 30.5 Å². The summed E-state index contributed by atoms with van der Waals surface area (Å²) in [6.07, 6.45) is -2.29. The number of benzene rings is 1. The van der Waals surface area contributed by atoms with E-state index in [9.17, 15) is 26.4 Å². The van der Waals surface area contributed by atoms with E-state index >= 15 is 0 Å². The molecular formula is C19H23F3N2O3S. The van der Waals surface area contributed by atoms with Crippen LogP contribution in [0.5, 0.6) is 0 Å². The summed E-state index contributed by atoms with van der Waals surface area (Å²) in [7, 11) is -4.03. The van der Waals surface area contributed by atoms with Crippen LogP contribution in [0.1, 0.15) is 31.2 Å². The molecule has 1 amide bonds. The van der Waals surface area contributed by atoms with Crippen molar-refractivity contribution in [3.8, 4) is 0 Å². The molecule has 0 bridgehead atoms. The molecule has 2 fully saturated rings. The number of likely N-dealkylation sites (tertiary alicyclic amines) is 1. The molecule has 2 heterocycles. The lowest BCUT2D eigenvalue weighted by Gasteiger charge is -2.35. The van der Waals surface area contributed by atoms with Gasteiger partial charge in [0.1, 0.15) is 0 Å². The highest BCUT2D eigenvalue weighted by Gasteiger charge is 2.36. The quantitative estimate of drug-likeness (QED) is 0.711. The lowest BCUT2D eigenvalue weighted by molar-refractivity contribution is -0.138. The van der Waals surface area contributed by atoms with Crippen molar-refractivity contribution in [2.24, 2.45) is 5.92 Å². The highest BCUT2D eigenvalue weighted by Crippen LogP contribution is 2.32. The monoisotopic (exact) mass is 416 g/mol. The number of alkyl halides is 3. The minimum Gasteiger partial charge on any atom is -0.342 e. The van der Waals surface area contributed by atoms with Gasteiger partial charge in [0, 0.05) is 32.1 Å². The van der Waals surface area contributed by atoms with Crippen molar-refractivity contribution in [1.29, 1.82) is 0 Å². The molecule has 0 radical (unpaired) electrons. The maximum atomic E-state index is 12.9.